The fourth-order valence-electron chi connectivity index (χ4n) is 2.54. The van der Waals surface area contributed by atoms with E-state index in [1.165, 1.54) is 16.8 Å². The molecule has 0 saturated carbocycles. The molecule has 2 heterocycles. The zero-order chi connectivity index (χ0) is 13.8. The molecule has 1 N–H and O–H groups in total. The number of aryl methyl sites for hydroxylation is 2. The van der Waals surface area contributed by atoms with E-state index in [2.05, 4.69) is 24.3 Å². The lowest BCUT2D eigenvalue weighted by atomic mass is 9.99. The van der Waals surface area contributed by atoms with E-state index in [4.69, 9.17) is 4.42 Å². The first-order chi connectivity index (χ1) is 9.11. The van der Waals surface area contributed by atoms with Gasteiger partial charge in [-0.1, -0.05) is 0 Å². The first kappa shape index (κ1) is 13.9. The average molecular weight is 261 g/mol. The zero-order valence-electron chi connectivity index (χ0n) is 12.2. The van der Waals surface area contributed by atoms with Crippen LogP contribution in [0.15, 0.2) is 23.0 Å². The maximum atomic E-state index is 5.12. The molecule has 2 aromatic heterocycles. The molecule has 0 fully saturated rings. The van der Waals surface area contributed by atoms with Gasteiger partial charge in [-0.2, -0.15) is 5.10 Å². The van der Waals surface area contributed by atoms with E-state index >= 15 is 0 Å². The van der Waals surface area contributed by atoms with Gasteiger partial charge in [-0.25, -0.2) is 0 Å². The van der Waals surface area contributed by atoms with Crippen molar-refractivity contribution < 1.29 is 4.42 Å². The minimum Gasteiger partial charge on any atom is -0.472 e. The van der Waals surface area contributed by atoms with Gasteiger partial charge in [0.05, 0.1) is 18.2 Å². The van der Waals surface area contributed by atoms with Gasteiger partial charge in [0.1, 0.15) is 0 Å². The molecule has 0 aliphatic heterocycles. The van der Waals surface area contributed by atoms with Crippen molar-refractivity contribution in [2.75, 3.05) is 7.05 Å². The third kappa shape index (κ3) is 3.26. The van der Waals surface area contributed by atoms with Crippen LogP contribution in [0.1, 0.15) is 28.9 Å². The fourth-order valence-corrected chi connectivity index (χ4v) is 2.54. The van der Waals surface area contributed by atoms with E-state index in [9.17, 15) is 0 Å². The molecule has 0 aliphatic rings. The van der Waals surface area contributed by atoms with Crippen molar-refractivity contribution in [3.8, 4) is 0 Å². The summed E-state index contributed by atoms with van der Waals surface area (Å²) in [5.41, 5.74) is 5.06. The standard InChI is InChI=1S/C15H23N3O/c1-11-15(12(2)18(4)17-11)6-5-14(16-3)9-13-7-8-19-10-13/h7-8,10,14,16H,5-6,9H2,1-4H3. The number of hydrogen-bond donors (Lipinski definition) is 1. The minimum absolute atomic E-state index is 0.469. The highest BCUT2D eigenvalue weighted by atomic mass is 16.3. The largest absolute Gasteiger partial charge is 0.472 e. The van der Waals surface area contributed by atoms with Crippen molar-refractivity contribution in [2.24, 2.45) is 7.05 Å². The van der Waals surface area contributed by atoms with Gasteiger partial charge in [0.15, 0.2) is 0 Å². The number of furan rings is 1. The van der Waals surface area contributed by atoms with Crippen LogP contribution in [0.5, 0.6) is 0 Å². The van der Waals surface area contributed by atoms with E-state index < -0.39 is 0 Å². The molecule has 1 atom stereocenters. The first-order valence-corrected chi connectivity index (χ1v) is 6.79. The Hall–Kier alpha value is -1.55. The third-order valence-electron chi connectivity index (χ3n) is 3.87. The number of hydrogen-bond acceptors (Lipinski definition) is 3. The molecule has 0 amide bonds. The van der Waals surface area contributed by atoms with Crippen LogP contribution in [0.25, 0.3) is 0 Å². The van der Waals surface area contributed by atoms with Gasteiger partial charge in [-0.15, -0.1) is 0 Å². The smallest absolute Gasteiger partial charge is 0.0935 e. The Morgan fingerprint density at radius 1 is 1.42 bits per heavy atom. The highest BCUT2D eigenvalue weighted by Gasteiger charge is 2.13. The molecule has 0 aliphatic carbocycles. The summed E-state index contributed by atoms with van der Waals surface area (Å²) in [6.45, 7) is 4.23. The molecule has 0 radical (unpaired) electrons. The van der Waals surface area contributed by atoms with Crippen molar-refractivity contribution in [3.63, 3.8) is 0 Å². The Kier molecular flexibility index (Phi) is 4.43. The number of likely N-dealkylation sites (N-methyl/N-ethyl adjacent to an activating group) is 1. The summed E-state index contributed by atoms with van der Waals surface area (Å²) < 4.78 is 7.09. The maximum Gasteiger partial charge on any atom is 0.0935 e. The van der Waals surface area contributed by atoms with Gasteiger partial charge in [0, 0.05) is 18.8 Å². The molecule has 4 heteroatoms. The number of rotatable bonds is 6. The SMILES string of the molecule is CNC(CCc1c(C)nn(C)c1C)Cc1ccoc1. The lowest BCUT2D eigenvalue weighted by Gasteiger charge is -2.15. The highest BCUT2D eigenvalue weighted by Crippen LogP contribution is 2.16. The van der Waals surface area contributed by atoms with Crippen molar-refractivity contribution in [1.82, 2.24) is 15.1 Å². The minimum atomic E-state index is 0.469. The molecule has 19 heavy (non-hydrogen) atoms. The van der Waals surface area contributed by atoms with Crippen LogP contribution >= 0.6 is 0 Å². The summed E-state index contributed by atoms with van der Waals surface area (Å²) in [4.78, 5) is 0. The predicted molar refractivity (Wildman–Crippen MR) is 76.3 cm³/mol. The summed E-state index contributed by atoms with van der Waals surface area (Å²) in [5, 5.41) is 7.86. The quantitative estimate of drug-likeness (QED) is 0.868. The zero-order valence-corrected chi connectivity index (χ0v) is 12.2. The second-order valence-corrected chi connectivity index (χ2v) is 5.13. The van der Waals surface area contributed by atoms with Crippen molar-refractivity contribution in [2.45, 2.75) is 39.2 Å². The molecule has 4 nitrogen and oxygen atoms in total. The fraction of sp³-hybridized carbons (Fsp3) is 0.533. The van der Waals surface area contributed by atoms with E-state index in [0.717, 1.165) is 25.0 Å². The Labute approximate surface area is 114 Å². The van der Waals surface area contributed by atoms with Gasteiger partial charge < -0.3 is 9.73 Å². The summed E-state index contributed by atoms with van der Waals surface area (Å²) in [6.07, 6.45) is 6.73. The van der Waals surface area contributed by atoms with Crippen LogP contribution in [0.4, 0.5) is 0 Å². The summed E-state index contributed by atoms with van der Waals surface area (Å²) >= 11 is 0. The van der Waals surface area contributed by atoms with Gasteiger partial charge in [-0.05, 0) is 57.4 Å². The highest BCUT2D eigenvalue weighted by molar-refractivity contribution is 5.24. The Bertz CT molecular complexity index is 514. The number of nitrogens with zero attached hydrogens (tertiary/aromatic N) is 2. The molecule has 2 aromatic rings. The van der Waals surface area contributed by atoms with E-state index in [1.54, 1.807) is 6.26 Å². The van der Waals surface area contributed by atoms with Crippen LogP contribution in [0.2, 0.25) is 0 Å². The van der Waals surface area contributed by atoms with Gasteiger partial charge in [-0.3, -0.25) is 4.68 Å². The normalized spacial score (nSPS) is 12.8. The molecule has 0 aromatic carbocycles. The van der Waals surface area contributed by atoms with Crippen LogP contribution < -0.4 is 5.32 Å². The van der Waals surface area contributed by atoms with Crippen molar-refractivity contribution >= 4 is 0 Å². The Morgan fingerprint density at radius 2 is 2.21 bits per heavy atom. The van der Waals surface area contributed by atoms with Crippen LogP contribution in [0, 0.1) is 13.8 Å². The van der Waals surface area contributed by atoms with Crippen LogP contribution in [0.3, 0.4) is 0 Å². The van der Waals surface area contributed by atoms with Gasteiger partial charge in [0.25, 0.3) is 0 Å². The lowest BCUT2D eigenvalue weighted by molar-refractivity contribution is 0.511. The van der Waals surface area contributed by atoms with E-state index in [1.807, 2.05) is 31.1 Å². The third-order valence-corrected chi connectivity index (χ3v) is 3.87. The summed E-state index contributed by atoms with van der Waals surface area (Å²) in [6, 6.07) is 2.50. The summed E-state index contributed by atoms with van der Waals surface area (Å²) in [7, 11) is 4.03. The molecule has 1 unspecified atom stereocenters. The van der Waals surface area contributed by atoms with E-state index in [-0.39, 0.29) is 0 Å². The monoisotopic (exact) mass is 261 g/mol. The number of aromatic nitrogens is 2. The van der Waals surface area contributed by atoms with Crippen LogP contribution in [-0.2, 0) is 19.9 Å². The number of nitrogens with one attached hydrogen (secondary N) is 1. The Morgan fingerprint density at radius 3 is 2.74 bits per heavy atom. The van der Waals surface area contributed by atoms with E-state index in [0.29, 0.717) is 6.04 Å². The Balaban J connectivity index is 1.96. The van der Waals surface area contributed by atoms with Gasteiger partial charge >= 0.3 is 0 Å². The van der Waals surface area contributed by atoms with Crippen molar-refractivity contribution in [3.05, 3.63) is 41.1 Å². The summed E-state index contributed by atoms with van der Waals surface area (Å²) in [5.74, 6) is 0. The molecule has 2 rings (SSSR count). The predicted octanol–water partition coefficient (Wildman–Crippen LogP) is 2.39. The molecule has 104 valence electrons. The molecule has 0 spiro atoms. The molecular weight excluding hydrogens is 238 g/mol. The van der Waals surface area contributed by atoms with Crippen LogP contribution in [-0.4, -0.2) is 22.9 Å². The first-order valence-electron chi connectivity index (χ1n) is 6.79. The lowest BCUT2D eigenvalue weighted by Crippen LogP contribution is -2.28. The average Bonchev–Trinajstić information content (AvgIpc) is 2.97. The topological polar surface area (TPSA) is 43.0 Å². The second-order valence-electron chi connectivity index (χ2n) is 5.13. The maximum absolute atomic E-state index is 5.12. The molecule has 0 saturated heterocycles. The molecular formula is C15H23N3O. The molecule has 0 bridgehead atoms. The van der Waals surface area contributed by atoms with Crippen molar-refractivity contribution in [1.29, 1.82) is 0 Å². The second kappa shape index (κ2) is 6.06. The van der Waals surface area contributed by atoms with Gasteiger partial charge in [0.2, 0.25) is 0 Å².